The highest BCUT2D eigenvalue weighted by Gasteiger charge is 2.23. The van der Waals surface area contributed by atoms with E-state index in [4.69, 9.17) is 5.73 Å². The maximum Gasteiger partial charge on any atom is 0.188 e. The van der Waals surface area contributed by atoms with Crippen LogP contribution in [0, 0.1) is 13.8 Å². The van der Waals surface area contributed by atoms with Gasteiger partial charge in [0.05, 0.1) is 0 Å². The van der Waals surface area contributed by atoms with Crippen molar-refractivity contribution in [3.63, 3.8) is 0 Å². The molecule has 1 aliphatic rings. The Balaban J connectivity index is 2.04. The maximum absolute atomic E-state index is 5.88. The van der Waals surface area contributed by atoms with E-state index in [-0.39, 0.29) is 0 Å². The van der Waals surface area contributed by atoms with E-state index in [2.05, 4.69) is 9.97 Å². The van der Waals surface area contributed by atoms with Crippen LogP contribution in [0.1, 0.15) is 30.7 Å². The smallest absolute Gasteiger partial charge is 0.188 e. The first-order valence-electron chi connectivity index (χ1n) is 5.38. The summed E-state index contributed by atoms with van der Waals surface area (Å²) in [5.74, 6) is 0. The summed E-state index contributed by atoms with van der Waals surface area (Å²) in [5.41, 5.74) is 7.98. The molecular weight excluding hydrogens is 206 g/mol. The molecule has 2 N–H and O–H groups in total. The molecule has 0 radical (unpaired) electrons. The molecular formula is C11H17N3S. The lowest BCUT2D eigenvalue weighted by atomic mass is 10.3. The van der Waals surface area contributed by atoms with Crippen LogP contribution in [-0.2, 0) is 0 Å². The number of aryl methyl sites for hydroxylation is 2. The van der Waals surface area contributed by atoms with E-state index in [9.17, 15) is 0 Å². The first-order valence-corrected chi connectivity index (χ1v) is 6.26. The second-order valence-corrected chi connectivity index (χ2v) is 5.51. The minimum Gasteiger partial charge on any atom is -0.328 e. The van der Waals surface area contributed by atoms with Crippen molar-refractivity contribution in [2.24, 2.45) is 5.73 Å². The van der Waals surface area contributed by atoms with Crippen molar-refractivity contribution in [1.82, 2.24) is 9.97 Å². The SMILES string of the molecule is Cc1cc(C)nc(SC2CCC(N)C2)n1. The van der Waals surface area contributed by atoms with Crippen molar-refractivity contribution in [3.8, 4) is 0 Å². The Kier molecular flexibility index (Phi) is 3.26. The molecule has 0 aromatic carbocycles. The fraction of sp³-hybridized carbons (Fsp3) is 0.636. The fourth-order valence-electron chi connectivity index (χ4n) is 1.98. The molecule has 3 nitrogen and oxygen atoms in total. The van der Waals surface area contributed by atoms with Gasteiger partial charge in [0.25, 0.3) is 0 Å². The van der Waals surface area contributed by atoms with Gasteiger partial charge in [0, 0.05) is 22.7 Å². The number of hydrogen-bond donors (Lipinski definition) is 1. The molecule has 15 heavy (non-hydrogen) atoms. The molecule has 1 aliphatic carbocycles. The quantitative estimate of drug-likeness (QED) is 0.780. The molecule has 2 atom stereocenters. The van der Waals surface area contributed by atoms with Crippen LogP contribution in [0.3, 0.4) is 0 Å². The summed E-state index contributed by atoms with van der Waals surface area (Å²) < 4.78 is 0. The summed E-state index contributed by atoms with van der Waals surface area (Å²) in [7, 11) is 0. The Morgan fingerprint density at radius 3 is 2.47 bits per heavy atom. The molecule has 0 aliphatic heterocycles. The van der Waals surface area contributed by atoms with Gasteiger partial charge < -0.3 is 5.73 Å². The van der Waals surface area contributed by atoms with Crippen LogP contribution in [0.15, 0.2) is 11.2 Å². The lowest BCUT2D eigenvalue weighted by Gasteiger charge is -2.08. The zero-order valence-corrected chi connectivity index (χ0v) is 10.0. The average Bonchev–Trinajstić information content (AvgIpc) is 2.49. The molecule has 4 heteroatoms. The van der Waals surface area contributed by atoms with Crippen molar-refractivity contribution in [3.05, 3.63) is 17.5 Å². The summed E-state index contributed by atoms with van der Waals surface area (Å²) in [4.78, 5) is 8.87. The predicted molar refractivity (Wildman–Crippen MR) is 63.0 cm³/mol. The third kappa shape index (κ3) is 2.92. The van der Waals surface area contributed by atoms with Crippen LogP contribution in [0.25, 0.3) is 0 Å². The molecule has 1 aromatic rings. The number of aromatic nitrogens is 2. The lowest BCUT2D eigenvalue weighted by Crippen LogP contribution is -2.15. The lowest BCUT2D eigenvalue weighted by molar-refractivity contribution is 0.705. The van der Waals surface area contributed by atoms with Crippen molar-refractivity contribution in [1.29, 1.82) is 0 Å². The monoisotopic (exact) mass is 223 g/mol. The minimum atomic E-state index is 0.383. The normalized spacial score (nSPS) is 25.8. The van der Waals surface area contributed by atoms with Gasteiger partial charge in [-0.05, 0) is 39.2 Å². The van der Waals surface area contributed by atoms with E-state index in [1.807, 2.05) is 19.9 Å². The zero-order valence-electron chi connectivity index (χ0n) is 9.23. The Bertz CT molecular complexity index is 333. The second-order valence-electron chi connectivity index (χ2n) is 4.25. The van der Waals surface area contributed by atoms with Gasteiger partial charge in [-0.25, -0.2) is 9.97 Å². The van der Waals surface area contributed by atoms with E-state index >= 15 is 0 Å². The van der Waals surface area contributed by atoms with Gasteiger partial charge in [-0.3, -0.25) is 0 Å². The third-order valence-corrected chi connectivity index (χ3v) is 3.81. The van der Waals surface area contributed by atoms with Gasteiger partial charge in [-0.1, -0.05) is 11.8 Å². The van der Waals surface area contributed by atoms with E-state index < -0.39 is 0 Å². The minimum absolute atomic E-state index is 0.383. The number of nitrogens with two attached hydrogens (primary N) is 1. The summed E-state index contributed by atoms with van der Waals surface area (Å²) in [6.45, 7) is 4.03. The first kappa shape index (κ1) is 10.9. The average molecular weight is 223 g/mol. The molecule has 1 saturated carbocycles. The summed E-state index contributed by atoms with van der Waals surface area (Å²) >= 11 is 1.78. The van der Waals surface area contributed by atoms with Crippen molar-refractivity contribution < 1.29 is 0 Å². The number of thioether (sulfide) groups is 1. The predicted octanol–water partition coefficient (Wildman–Crippen LogP) is 2.07. The van der Waals surface area contributed by atoms with E-state index in [1.165, 1.54) is 6.42 Å². The molecule has 82 valence electrons. The van der Waals surface area contributed by atoms with E-state index in [0.717, 1.165) is 29.4 Å². The molecule has 0 bridgehead atoms. The van der Waals surface area contributed by atoms with Gasteiger partial charge in [0.2, 0.25) is 0 Å². The van der Waals surface area contributed by atoms with E-state index in [1.54, 1.807) is 11.8 Å². The van der Waals surface area contributed by atoms with Gasteiger partial charge in [0.15, 0.2) is 5.16 Å². The maximum atomic E-state index is 5.88. The molecule has 1 fully saturated rings. The highest BCUT2D eigenvalue weighted by atomic mass is 32.2. The molecule has 2 rings (SSSR count). The highest BCUT2D eigenvalue weighted by molar-refractivity contribution is 7.99. The number of nitrogens with zero attached hydrogens (tertiary/aromatic N) is 2. The van der Waals surface area contributed by atoms with Crippen LogP contribution < -0.4 is 5.73 Å². The van der Waals surface area contributed by atoms with E-state index in [0.29, 0.717) is 11.3 Å². The van der Waals surface area contributed by atoms with Crippen LogP contribution in [0.2, 0.25) is 0 Å². The summed E-state index contributed by atoms with van der Waals surface area (Å²) in [6, 6.07) is 2.39. The first-order chi connectivity index (χ1) is 7.13. The van der Waals surface area contributed by atoms with Gasteiger partial charge in [-0.2, -0.15) is 0 Å². The summed E-state index contributed by atoms with van der Waals surface area (Å²) in [5, 5.41) is 1.52. The van der Waals surface area contributed by atoms with Crippen LogP contribution >= 0.6 is 11.8 Å². The summed E-state index contributed by atoms with van der Waals surface area (Å²) in [6.07, 6.45) is 3.44. The van der Waals surface area contributed by atoms with Gasteiger partial charge >= 0.3 is 0 Å². The van der Waals surface area contributed by atoms with Crippen molar-refractivity contribution in [2.75, 3.05) is 0 Å². The molecule has 0 spiro atoms. The molecule has 0 saturated heterocycles. The number of hydrogen-bond acceptors (Lipinski definition) is 4. The van der Waals surface area contributed by atoms with Crippen LogP contribution in [0.4, 0.5) is 0 Å². The Morgan fingerprint density at radius 2 is 1.93 bits per heavy atom. The van der Waals surface area contributed by atoms with Crippen molar-refractivity contribution >= 4 is 11.8 Å². The standard InChI is InChI=1S/C11H17N3S/c1-7-5-8(2)14-11(13-7)15-10-4-3-9(12)6-10/h5,9-10H,3-4,6,12H2,1-2H3. The molecule has 1 heterocycles. The molecule has 0 amide bonds. The Morgan fingerprint density at radius 1 is 1.27 bits per heavy atom. The van der Waals surface area contributed by atoms with Crippen LogP contribution in [-0.4, -0.2) is 21.3 Å². The largest absolute Gasteiger partial charge is 0.328 e. The zero-order chi connectivity index (χ0) is 10.8. The topological polar surface area (TPSA) is 51.8 Å². The van der Waals surface area contributed by atoms with Crippen LogP contribution in [0.5, 0.6) is 0 Å². The van der Waals surface area contributed by atoms with Crippen molar-refractivity contribution in [2.45, 2.75) is 49.6 Å². The molecule has 2 unspecified atom stereocenters. The van der Waals surface area contributed by atoms with Gasteiger partial charge in [-0.15, -0.1) is 0 Å². The molecule has 1 aromatic heterocycles. The number of rotatable bonds is 2. The van der Waals surface area contributed by atoms with Gasteiger partial charge in [0.1, 0.15) is 0 Å². The Hall–Kier alpha value is -0.610. The fourth-order valence-corrected chi connectivity index (χ4v) is 3.26. The Labute approximate surface area is 94.9 Å². The third-order valence-electron chi connectivity index (χ3n) is 2.66. The second kappa shape index (κ2) is 4.49. The highest BCUT2D eigenvalue weighted by Crippen LogP contribution is 2.32.